The van der Waals surface area contributed by atoms with Gasteiger partial charge >= 0.3 is 5.97 Å². The average Bonchev–Trinajstić information content (AvgIpc) is 3.21. The molecule has 2 fully saturated rings. The van der Waals surface area contributed by atoms with Crippen LogP contribution in [-0.4, -0.2) is 42.3 Å². The first-order valence-corrected chi connectivity index (χ1v) is 9.25. The molecule has 2 aliphatic heterocycles. The number of ether oxygens (including phenoxy) is 1. The van der Waals surface area contributed by atoms with Gasteiger partial charge in [0.05, 0.1) is 0 Å². The number of nitrogens with zero attached hydrogens (tertiary/aromatic N) is 1. The van der Waals surface area contributed by atoms with E-state index < -0.39 is 5.97 Å². The van der Waals surface area contributed by atoms with Crippen molar-refractivity contribution in [2.24, 2.45) is 11.8 Å². The maximum absolute atomic E-state index is 11.1. The molecular weight excluding hydrogens is 318 g/mol. The molecule has 134 valence electrons. The molecule has 0 aliphatic carbocycles. The minimum atomic E-state index is -1.02. The Hall–Kier alpha value is -1.85. The normalized spacial score (nSPS) is 25.3. The van der Waals surface area contributed by atoms with E-state index in [-0.39, 0.29) is 5.76 Å². The van der Waals surface area contributed by atoms with Crippen LogP contribution in [0.4, 0.5) is 0 Å². The molecule has 0 bridgehead atoms. The third-order valence-electron chi connectivity index (χ3n) is 5.62. The SMILES string of the molecule is O=C(O)c1cc2cc(CN3CCCCC(C4CCOC4)C3)ccc2o1. The number of hydrogen-bond donors (Lipinski definition) is 1. The molecule has 0 amide bonds. The van der Waals surface area contributed by atoms with Gasteiger partial charge < -0.3 is 14.3 Å². The average molecular weight is 343 g/mol. The fraction of sp³-hybridized carbons (Fsp3) is 0.550. The minimum Gasteiger partial charge on any atom is -0.475 e. The van der Waals surface area contributed by atoms with Crippen molar-refractivity contribution in [2.45, 2.75) is 32.2 Å². The molecule has 25 heavy (non-hydrogen) atoms. The highest BCUT2D eigenvalue weighted by Crippen LogP contribution is 2.30. The van der Waals surface area contributed by atoms with E-state index >= 15 is 0 Å². The molecule has 2 aromatic rings. The van der Waals surface area contributed by atoms with E-state index in [1.807, 2.05) is 6.07 Å². The summed E-state index contributed by atoms with van der Waals surface area (Å²) in [6, 6.07) is 7.61. The van der Waals surface area contributed by atoms with Gasteiger partial charge in [0.15, 0.2) is 0 Å². The number of carboxylic acids is 1. The Labute approximate surface area is 147 Å². The number of carboxylic acid groups (broad SMARTS) is 1. The summed E-state index contributed by atoms with van der Waals surface area (Å²) < 4.78 is 10.9. The summed E-state index contributed by atoms with van der Waals surface area (Å²) in [5, 5.41) is 9.93. The molecule has 0 radical (unpaired) electrons. The zero-order chi connectivity index (χ0) is 17.2. The van der Waals surface area contributed by atoms with Crippen LogP contribution in [0, 0.1) is 11.8 Å². The van der Waals surface area contributed by atoms with Crippen LogP contribution >= 0.6 is 0 Å². The molecule has 2 unspecified atom stereocenters. The Bertz CT molecular complexity index is 747. The minimum absolute atomic E-state index is 0.00298. The van der Waals surface area contributed by atoms with Crippen molar-refractivity contribution in [1.82, 2.24) is 4.90 Å². The lowest BCUT2D eigenvalue weighted by Gasteiger charge is -2.27. The van der Waals surface area contributed by atoms with Crippen molar-refractivity contribution >= 4 is 16.9 Å². The standard InChI is InChI=1S/C20H25NO4/c22-20(23)19-10-17-9-14(4-5-18(17)25-19)11-21-7-2-1-3-15(12-21)16-6-8-24-13-16/h4-5,9-10,15-16H,1-3,6-8,11-13H2,(H,22,23). The third kappa shape index (κ3) is 3.72. The second-order valence-electron chi connectivity index (χ2n) is 7.40. The topological polar surface area (TPSA) is 62.9 Å². The zero-order valence-electron chi connectivity index (χ0n) is 14.4. The summed E-state index contributed by atoms with van der Waals surface area (Å²) in [6.45, 7) is 5.03. The molecular formula is C20H25NO4. The first-order chi connectivity index (χ1) is 12.2. The third-order valence-corrected chi connectivity index (χ3v) is 5.62. The van der Waals surface area contributed by atoms with Crippen LogP contribution in [0.5, 0.6) is 0 Å². The van der Waals surface area contributed by atoms with Gasteiger partial charge in [0.2, 0.25) is 5.76 Å². The van der Waals surface area contributed by atoms with Gasteiger partial charge in [-0.15, -0.1) is 0 Å². The van der Waals surface area contributed by atoms with E-state index in [0.717, 1.165) is 50.1 Å². The van der Waals surface area contributed by atoms with E-state index in [4.69, 9.17) is 14.3 Å². The van der Waals surface area contributed by atoms with Crippen molar-refractivity contribution in [3.05, 3.63) is 35.6 Å². The highest BCUT2D eigenvalue weighted by molar-refractivity contribution is 5.91. The van der Waals surface area contributed by atoms with Crippen LogP contribution < -0.4 is 0 Å². The van der Waals surface area contributed by atoms with E-state index in [0.29, 0.717) is 5.58 Å². The summed E-state index contributed by atoms with van der Waals surface area (Å²) in [4.78, 5) is 13.6. The number of aromatic carboxylic acids is 1. The molecule has 2 aliphatic rings. The number of furan rings is 1. The number of rotatable bonds is 4. The van der Waals surface area contributed by atoms with Crippen molar-refractivity contribution in [3.63, 3.8) is 0 Å². The van der Waals surface area contributed by atoms with Gasteiger partial charge in [-0.3, -0.25) is 4.90 Å². The maximum Gasteiger partial charge on any atom is 0.371 e. The molecule has 3 heterocycles. The van der Waals surface area contributed by atoms with E-state index in [1.165, 1.54) is 31.2 Å². The summed E-state index contributed by atoms with van der Waals surface area (Å²) in [6.07, 6.45) is 5.08. The van der Waals surface area contributed by atoms with Crippen LogP contribution in [0.1, 0.15) is 41.8 Å². The van der Waals surface area contributed by atoms with Gasteiger partial charge in [0, 0.05) is 31.7 Å². The monoisotopic (exact) mass is 343 g/mol. The second kappa shape index (κ2) is 7.18. The van der Waals surface area contributed by atoms with Crippen molar-refractivity contribution in [2.75, 3.05) is 26.3 Å². The van der Waals surface area contributed by atoms with Crippen molar-refractivity contribution in [3.8, 4) is 0 Å². The van der Waals surface area contributed by atoms with Gasteiger partial charge in [0.1, 0.15) is 5.58 Å². The van der Waals surface area contributed by atoms with E-state index in [9.17, 15) is 4.79 Å². The lowest BCUT2D eigenvalue weighted by Crippen LogP contribution is -2.31. The number of benzene rings is 1. The highest BCUT2D eigenvalue weighted by Gasteiger charge is 2.28. The first-order valence-electron chi connectivity index (χ1n) is 9.25. The van der Waals surface area contributed by atoms with E-state index in [1.54, 1.807) is 6.07 Å². The molecule has 2 atom stereocenters. The Morgan fingerprint density at radius 1 is 1.20 bits per heavy atom. The predicted molar refractivity (Wildman–Crippen MR) is 94.7 cm³/mol. The van der Waals surface area contributed by atoms with Gasteiger partial charge in [-0.2, -0.15) is 0 Å². The van der Waals surface area contributed by atoms with Crippen LogP contribution in [0.15, 0.2) is 28.7 Å². The summed E-state index contributed by atoms with van der Waals surface area (Å²) >= 11 is 0. The summed E-state index contributed by atoms with van der Waals surface area (Å²) in [7, 11) is 0. The molecule has 2 saturated heterocycles. The fourth-order valence-electron chi connectivity index (χ4n) is 4.26. The van der Waals surface area contributed by atoms with Crippen LogP contribution in [-0.2, 0) is 11.3 Å². The molecule has 4 rings (SSSR count). The summed E-state index contributed by atoms with van der Waals surface area (Å²) in [5.41, 5.74) is 1.85. The number of carbonyl (C=O) groups is 1. The number of likely N-dealkylation sites (tertiary alicyclic amines) is 1. The Balaban J connectivity index is 1.47. The van der Waals surface area contributed by atoms with Crippen molar-refractivity contribution in [1.29, 1.82) is 0 Å². The molecule has 5 heteroatoms. The Morgan fingerprint density at radius 2 is 2.12 bits per heavy atom. The van der Waals surface area contributed by atoms with E-state index in [2.05, 4.69) is 17.0 Å². The molecule has 1 N–H and O–H groups in total. The second-order valence-corrected chi connectivity index (χ2v) is 7.40. The largest absolute Gasteiger partial charge is 0.475 e. The van der Waals surface area contributed by atoms with Crippen LogP contribution in [0.2, 0.25) is 0 Å². The molecule has 1 aromatic heterocycles. The Kier molecular flexibility index (Phi) is 4.77. The fourth-order valence-corrected chi connectivity index (χ4v) is 4.26. The number of fused-ring (bicyclic) bond motifs is 1. The highest BCUT2D eigenvalue weighted by atomic mass is 16.5. The van der Waals surface area contributed by atoms with Crippen LogP contribution in [0.25, 0.3) is 11.0 Å². The lowest BCUT2D eigenvalue weighted by molar-refractivity contribution is 0.0665. The molecule has 0 spiro atoms. The zero-order valence-corrected chi connectivity index (χ0v) is 14.4. The Morgan fingerprint density at radius 3 is 2.92 bits per heavy atom. The molecule has 5 nitrogen and oxygen atoms in total. The van der Waals surface area contributed by atoms with Crippen LogP contribution in [0.3, 0.4) is 0 Å². The van der Waals surface area contributed by atoms with Gasteiger partial charge in [-0.1, -0.05) is 12.5 Å². The smallest absolute Gasteiger partial charge is 0.371 e. The lowest BCUT2D eigenvalue weighted by atomic mass is 9.88. The molecule has 0 saturated carbocycles. The molecule has 1 aromatic carbocycles. The maximum atomic E-state index is 11.1. The predicted octanol–water partition coefficient (Wildman–Crippen LogP) is 3.77. The quantitative estimate of drug-likeness (QED) is 0.915. The summed E-state index contributed by atoms with van der Waals surface area (Å²) in [5.74, 6) is 0.437. The van der Waals surface area contributed by atoms with Gasteiger partial charge in [-0.25, -0.2) is 4.79 Å². The van der Waals surface area contributed by atoms with Gasteiger partial charge in [0.25, 0.3) is 0 Å². The van der Waals surface area contributed by atoms with Gasteiger partial charge in [-0.05, 0) is 61.4 Å². The first kappa shape index (κ1) is 16.6. The van der Waals surface area contributed by atoms with Crippen molar-refractivity contribution < 1.29 is 19.1 Å². The number of hydrogen-bond acceptors (Lipinski definition) is 4.